The van der Waals surface area contributed by atoms with Crippen molar-refractivity contribution in [1.29, 1.82) is 0 Å². The van der Waals surface area contributed by atoms with E-state index in [4.69, 9.17) is 22.6 Å². The van der Waals surface area contributed by atoms with E-state index < -0.39 is 8.60 Å². The van der Waals surface area contributed by atoms with Gasteiger partial charge in [0.15, 0.2) is 9.03 Å². The second-order valence-corrected chi connectivity index (χ2v) is 5.19. The van der Waals surface area contributed by atoms with E-state index in [2.05, 4.69) is 0 Å². The summed E-state index contributed by atoms with van der Waals surface area (Å²) in [4.78, 5) is 0. The Bertz CT molecular complexity index is 162. The topological polar surface area (TPSA) is 46.2 Å². The van der Waals surface area contributed by atoms with Crippen LogP contribution in [0.15, 0.2) is 0 Å². The molecule has 0 aromatic heterocycles. The zero-order valence-corrected chi connectivity index (χ0v) is 9.21. The molecule has 0 aromatic rings. The minimum absolute atomic E-state index is 0.109. The zero-order chi connectivity index (χ0) is 9.15. The maximum Gasteiger partial charge on any atom is 0.332 e. The predicted octanol–water partition coefficient (Wildman–Crippen LogP) is 1.45. The van der Waals surface area contributed by atoms with Gasteiger partial charge in [-0.25, -0.2) is 0 Å². The van der Waals surface area contributed by atoms with Crippen LogP contribution < -0.4 is 0 Å². The van der Waals surface area contributed by atoms with Gasteiger partial charge < -0.3 is 22.6 Å². The molecule has 5 nitrogen and oxygen atoms in total. The fraction of sp³-hybridized carbons (Fsp3) is 1.00. The maximum atomic E-state index is 5.38. The molecule has 0 amide bonds. The van der Waals surface area contributed by atoms with Gasteiger partial charge in [-0.1, -0.05) is 0 Å². The molecule has 2 fully saturated rings. The maximum absolute atomic E-state index is 5.38. The van der Waals surface area contributed by atoms with Crippen LogP contribution in [-0.2, 0) is 22.6 Å². The molecule has 0 aromatic carbocycles. The molecule has 0 unspecified atom stereocenters. The Hall–Kier alpha value is 0.660. The molecule has 0 aliphatic carbocycles. The summed E-state index contributed by atoms with van der Waals surface area (Å²) in [7, 11) is 0.610. The second kappa shape index (κ2) is 4.45. The van der Waals surface area contributed by atoms with Gasteiger partial charge in [-0.05, 0) is 0 Å². The van der Waals surface area contributed by atoms with Crippen molar-refractivity contribution >= 4 is 17.6 Å². The molecule has 2 aliphatic heterocycles. The van der Waals surface area contributed by atoms with Crippen LogP contribution in [0.5, 0.6) is 0 Å². The van der Waals surface area contributed by atoms with Crippen LogP contribution in [0.1, 0.15) is 0 Å². The van der Waals surface area contributed by atoms with E-state index in [1.54, 1.807) is 7.11 Å². The van der Waals surface area contributed by atoms with Crippen LogP contribution in [0.3, 0.4) is 0 Å². The van der Waals surface area contributed by atoms with Gasteiger partial charge >= 0.3 is 8.60 Å². The van der Waals surface area contributed by atoms with Gasteiger partial charge in [0.1, 0.15) is 0 Å². The zero-order valence-electron chi connectivity index (χ0n) is 7.32. The molecule has 1 spiro atoms. The summed E-state index contributed by atoms with van der Waals surface area (Å²) in [5, 5.41) is 0. The molecule has 2 heterocycles. The van der Waals surface area contributed by atoms with E-state index in [1.807, 2.05) is 0 Å². The van der Waals surface area contributed by atoms with Crippen molar-refractivity contribution in [1.82, 2.24) is 0 Å². The third kappa shape index (κ3) is 2.37. The first-order valence-electron chi connectivity index (χ1n) is 3.93. The molecule has 76 valence electrons. The van der Waals surface area contributed by atoms with Crippen LogP contribution >= 0.6 is 17.6 Å². The number of rotatable bonds is 1. The smallest absolute Gasteiger partial charge is 0.332 e. The lowest BCUT2D eigenvalue weighted by Gasteiger charge is -2.39. The van der Waals surface area contributed by atoms with Crippen molar-refractivity contribution in [2.45, 2.75) is 0 Å². The Labute approximate surface area is 80.0 Å². The molecular formula is C6H12O5P2. The Balaban J connectivity index is 1.87. The minimum Gasteiger partial charge on any atom is -0.335 e. The summed E-state index contributed by atoms with van der Waals surface area (Å²) in [6.45, 7) is 2.49. The Morgan fingerprint density at radius 1 is 1.15 bits per heavy atom. The van der Waals surface area contributed by atoms with Gasteiger partial charge in [-0.3, -0.25) is 0 Å². The summed E-state index contributed by atoms with van der Waals surface area (Å²) in [6, 6.07) is 0. The highest BCUT2D eigenvalue weighted by molar-refractivity contribution is 7.41. The van der Waals surface area contributed by atoms with Crippen LogP contribution in [0.25, 0.3) is 0 Å². The molecule has 0 saturated carbocycles. The first-order chi connectivity index (χ1) is 6.35. The van der Waals surface area contributed by atoms with E-state index in [0.29, 0.717) is 26.4 Å². The number of hydrogen-bond donors (Lipinski definition) is 0. The lowest BCUT2D eigenvalue weighted by molar-refractivity contribution is -0.0599. The molecule has 2 aliphatic rings. The van der Waals surface area contributed by atoms with Crippen molar-refractivity contribution in [2.75, 3.05) is 33.5 Å². The van der Waals surface area contributed by atoms with Crippen molar-refractivity contribution in [3.05, 3.63) is 0 Å². The van der Waals surface area contributed by atoms with Gasteiger partial charge in [-0.15, -0.1) is 0 Å². The summed E-state index contributed by atoms with van der Waals surface area (Å²) in [5.41, 5.74) is -0.109. The monoisotopic (exact) mass is 226 g/mol. The molecule has 0 N–H and O–H groups in total. The van der Waals surface area contributed by atoms with Crippen LogP contribution in [0.4, 0.5) is 0 Å². The molecule has 7 heteroatoms. The lowest BCUT2D eigenvalue weighted by atomic mass is 9.93. The van der Waals surface area contributed by atoms with E-state index in [9.17, 15) is 0 Å². The minimum atomic E-state index is -1.13. The molecule has 0 radical (unpaired) electrons. The third-order valence-electron chi connectivity index (χ3n) is 1.98. The van der Waals surface area contributed by atoms with E-state index in [0.717, 1.165) is 0 Å². The fourth-order valence-electron chi connectivity index (χ4n) is 1.18. The molecular weight excluding hydrogens is 214 g/mol. The van der Waals surface area contributed by atoms with Crippen LogP contribution in [-0.4, -0.2) is 33.5 Å². The van der Waals surface area contributed by atoms with E-state index in [-0.39, 0.29) is 14.4 Å². The fourth-order valence-corrected chi connectivity index (χ4v) is 3.04. The van der Waals surface area contributed by atoms with Crippen LogP contribution in [0.2, 0.25) is 0 Å². The van der Waals surface area contributed by atoms with Gasteiger partial charge in [0, 0.05) is 7.11 Å². The molecule has 2 rings (SSSR count). The first kappa shape index (κ1) is 10.2. The molecule has 0 atom stereocenters. The number of hydrogen-bond acceptors (Lipinski definition) is 5. The normalized spacial score (nSPS) is 42.7. The highest BCUT2D eigenvalue weighted by Gasteiger charge is 2.40. The van der Waals surface area contributed by atoms with Gasteiger partial charge in [0.2, 0.25) is 0 Å². The Morgan fingerprint density at radius 2 is 1.77 bits per heavy atom. The highest BCUT2D eigenvalue weighted by Crippen LogP contribution is 2.48. The summed E-state index contributed by atoms with van der Waals surface area (Å²) < 4.78 is 26.2. The Morgan fingerprint density at radius 3 is 2.31 bits per heavy atom. The van der Waals surface area contributed by atoms with Gasteiger partial charge in [0.05, 0.1) is 31.8 Å². The van der Waals surface area contributed by atoms with Crippen molar-refractivity contribution in [3.8, 4) is 0 Å². The first-order valence-corrected chi connectivity index (χ1v) is 5.85. The molecule has 13 heavy (non-hydrogen) atoms. The van der Waals surface area contributed by atoms with Crippen LogP contribution in [0, 0.1) is 5.41 Å². The van der Waals surface area contributed by atoms with E-state index >= 15 is 0 Å². The standard InChI is InChI=1S/C6H12O5P2/c1-7-13-10-4-6(5-11-13)2-8-12-9-3-6/h12H,2-5H2,1H3. The average Bonchev–Trinajstić information content (AvgIpc) is 2.20. The summed E-state index contributed by atoms with van der Waals surface area (Å²) in [5.74, 6) is 0. The second-order valence-electron chi connectivity index (χ2n) is 3.11. The lowest BCUT2D eigenvalue weighted by Crippen LogP contribution is -2.43. The summed E-state index contributed by atoms with van der Waals surface area (Å²) in [6.07, 6.45) is 0. The Kier molecular flexibility index (Phi) is 3.49. The largest absolute Gasteiger partial charge is 0.335 e. The van der Waals surface area contributed by atoms with Crippen molar-refractivity contribution in [2.24, 2.45) is 5.41 Å². The van der Waals surface area contributed by atoms with Crippen molar-refractivity contribution in [3.63, 3.8) is 0 Å². The SMILES string of the molecule is COP1OCC2(COPOC2)CO1. The van der Waals surface area contributed by atoms with Crippen molar-refractivity contribution < 1.29 is 22.6 Å². The van der Waals surface area contributed by atoms with Gasteiger partial charge in [-0.2, -0.15) is 0 Å². The molecule has 0 bridgehead atoms. The van der Waals surface area contributed by atoms with Gasteiger partial charge in [0.25, 0.3) is 0 Å². The molecule has 2 saturated heterocycles. The predicted molar refractivity (Wildman–Crippen MR) is 48.5 cm³/mol. The summed E-state index contributed by atoms with van der Waals surface area (Å²) >= 11 is 0. The van der Waals surface area contributed by atoms with E-state index in [1.165, 1.54) is 0 Å². The quantitative estimate of drug-likeness (QED) is 0.633. The third-order valence-corrected chi connectivity index (χ3v) is 3.48. The highest BCUT2D eigenvalue weighted by atomic mass is 31.2. The average molecular weight is 226 g/mol.